The maximum atomic E-state index is 12.6. The molecule has 6 heteroatoms. The van der Waals surface area contributed by atoms with Crippen LogP contribution < -0.4 is 10.6 Å². The molecule has 2 aromatic rings. The SMILES string of the molecule is CC1(C(=O)Nc2ccccc2-n2ccnn2)CCCCN1. The minimum absolute atomic E-state index is 0.00485. The van der Waals surface area contributed by atoms with Crippen molar-refractivity contribution < 1.29 is 4.79 Å². The van der Waals surface area contributed by atoms with Gasteiger partial charge in [-0.25, -0.2) is 4.68 Å². The molecule has 3 rings (SSSR count). The fraction of sp³-hybridized carbons (Fsp3) is 0.400. The van der Waals surface area contributed by atoms with Gasteiger partial charge in [-0.15, -0.1) is 5.10 Å². The van der Waals surface area contributed by atoms with Crippen LogP contribution >= 0.6 is 0 Å². The van der Waals surface area contributed by atoms with E-state index in [9.17, 15) is 4.79 Å². The van der Waals surface area contributed by atoms with Crippen LogP contribution in [0.15, 0.2) is 36.7 Å². The maximum Gasteiger partial charge on any atom is 0.244 e. The third kappa shape index (κ3) is 2.80. The number of amides is 1. The van der Waals surface area contributed by atoms with E-state index in [-0.39, 0.29) is 5.91 Å². The number of aromatic nitrogens is 3. The number of nitrogens with zero attached hydrogens (tertiary/aromatic N) is 3. The lowest BCUT2D eigenvalue weighted by molar-refractivity contribution is -0.122. The zero-order valence-electron chi connectivity index (χ0n) is 12.0. The van der Waals surface area contributed by atoms with Gasteiger partial charge in [-0.1, -0.05) is 17.3 Å². The Kier molecular flexibility index (Phi) is 3.70. The molecule has 0 radical (unpaired) electrons. The maximum absolute atomic E-state index is 12.6. The summed E-state index contributed by atoms with van der Waals surface area (Å²) in [5.41, 5.74) is 1.04. The molecule has 1 atom stereocenters. The van der Waals surface area contributed by atoms with E-state index < -0.39 is 5.54 Å². The highest BCUT2D eigenvalue weighted by molar-refractivity contribution is 5.99. The Hall–Kier alpha value is -2.21. The molecule has 1 fully saturated rings. The van der Waals surface area contributed by atoms with Crippen LogP contribution in [0.2, 0.25) is 0 Å². The van der Waals surface area contributed by atoms with Crippen molar-refractivity contribution in [2.75, 3.05) is 11.9 Å². The van der Waals surface area contributed by atoms with Crippen molar-refractivity contribution in [2.45, 2.75) is 31.7 Å². The van der Waals surface area contributed by atoms with Gasteiger partial charge in [0.2, 0.25) is 5.91 Å². The summed E-state index contributed by atoms with van der Waals surface area (Å²) < 4.78 is 1.65. The third-order valence-electron chi connectivity index (χ3n) is 3.94. The van der Waals surface area contributed by atoms with E-state index in [1.807, 2.05) is 31.2 Å². The molecule has 1 aliphatic rings. The van der Waals surface area contributed by atoms with E-state index in [2.05, 4.69) is 20.9 Å². The zero-order chi connectivity index (χ0) is 14.7. The first-order chi connectivity index (χ1) is 10.2. The Labute approximate surface area is 123 Å². The van der Waals surface area contributed by atoms with Crippen molar-refractivity contribution in [3.05, 3.63) is 36.7 Å². The van der Waals surface area contributed by atoms with E-state index in [0.29, 0.717) is 0 Å². The number of rotatable bonds is 3. The third-order valence-corrected chi connectivity index (χ3v) is 3.94. The van der Waals surface area contributed by atoms with E-state index in [1.54, 1.807) is 17.1 Å². The molecule has 1 amide bonds. The molecule has 1 saturated heterocycles. The van der Waals surface area contributed by atoms with Gasteiger partial charge in [0.25, 0.3) is 0 Å². The fourth-order valence-electron chi connectivity index (χ4n) is 2.63. The summed E-state index contributed by atoms with van der Waals surface area (Å²) in [4.78, 5) is 12.6. The molecule has 110 valence electrons. The molecule has 2 heterocycles. The van der Waals surface area contributed by atoms with E-state index in [4.69, 9.17) is 0 Å². The van der Waals surface area contributed by atoms with Crippen LogP contribution in [0.3, 0.4) is 0 Å². The topological polar surface area (TPSA) is 71.8 Å². The van der Waals surface area contributed by atoms with Crippen molar-refractivity contribution >= 4 is 11.6 Å². The summed E-state index contributed by atoms with van der Waals surface area (Å²) in [6.07, 6.45) is 6.42. The van der Waals surface area contributed by atoms with Crippen molar-refractivity contribution in [1.29, 1.82) is 0 Å². The standard InChI is InChI=1S/C15H19N5O/c1-15(8-4-5-9-16-15)14(21)18-12-6-2-3-7-13(12)20-11-10-17-19-20/h2-3,6-7,10-11,16H,4-5,8-9H2,1H3,(H,18,21). The molecule has 0 bridgehead atoms. The lowest BCUT2D eigenvalue weighted by atomic mass is 9.90. The minimum Gasteiger partial charge on any atom is -0.323 e. The molecule has 6 nitrogen and oxygen atoms in total. The van der Waals surface area contributed by atoms with Crippen molar-refractivity contribution in [1.82, 2.24) is 20.3 Å². The van der Waals surface area contributed by atoms with E-state index in [1.165, 1.54) is 0 Å². The second kappa shape index (κ2) is 5.65. The van der Waals surface area contributed by atoms with Crippen LogP contribution in [-0.4, -0.2) is 33.0 Å². The smallest absolute Gasteiger partial charge is 0.244 e. The quantitative estimate of drug-likeness (QED) is 0.901. The van der Waals surface area contributed by atoms with Crippen molar-refractivity contribution in [2.24, 2.45) is 0 Å². The van der Waals surface area contributed by atoms with Crippen LogP contribution in [0.4, 0.5) is 5.69 Å². The van der Waals surface area contributed by atoms with Crippen molar-refractivity contribution in [3.8, 4) is 5.69 Å². The normalized spacial score (nSPS) is 22.0. The Morgan fingerprint density at radius 2 is 2.24 bits per heavy atom. The Bertz CT molecular complexity index is 617. The predicted octanol–water partition coefficient (Wildman–Crippen LogP) is 1.74. The first-order valence-electron chi connectivity index (χ1n) is 7.21. The number of carbonyl (C=O) groups excluding carboxylic acids is 1. The summed E-state index contributed by atoms with van der Waals surface area (Å²) in [5.74, 6) is -0.00485. The molecule has 2 N–H and O–H groups in total. The summed E-state index contributed by atoms with van der Waals surface area (Å²) in [5, 5.41) is 14.1. The zero-order valence-corrected chi connectivity index (χ0v) is 12.0. The summed E-state index contributed by atoms with van der Waals surface area (Å²) >= 11 is 0. The van der Waals surface area contributed by atoms with Crippen LogP contribution in [0.1, 0.15) is 26.2 Å². The van der Waals surface area contributed by atoms with Gasteiger partial charge in [-0.2, -0.15) is 0 Å². The minimum atomic E-state index is -0.506. The largest absolute Gasteiger partial charge is 0.323 e. The number of piperidine rings is 1. The molecule has 0 saturated carbocycles. The lowest BCUT2D eigenvalue weighted by Gasteiger charge is -2.33. The summed E-state index contributed by atoms with van der Waals surface area (Å²) in [7, 11) is 0. The number of hydrogen-bond donors (Lipinski definition) is 2. The number of hydrogen-bond acceptors (Lipinski definition) is 4. The predicted molar refractivity (Wildman–Crippen MR) is 80.2 cm³/mol. The van der Waals surface area contributed by atoms with Crippen LogP contribution in [-0.2, 0) is 4.79 Å². The van der Waals surface area contributed by atoms with Gasteiger partial charge in [0.05, 0.1) is 29.3 Å². The number of nitrogens with one attached hydrogen (secondary N) is 2. The number of para-hydroxylation sites is 2. The molecular formula is C15H19N5O. The Balaban J connectivity index is 1.83. The Morgan fingerprint density at radius 3 is 2.95 bits per heavy atom. The molecule has 0 spiro atoms. The van der Waals surface area contributed by atoms with Gasteiger partial charge < -0.3 is 10.6 Å². The molecule has 1 aromatic heterocycles. The second-order valence-electron chi connectivity index (χ2n) is 5.53. The van der Waals surface area contributed by atoms with Crippen LogP contribution in [0.25, 0.3) is 5.69 Å². The monoisotopic (exact) mass is 285 g/mol. The Morgan fingerprint density at radius 1 is 1.38 bits per heavy atom. The van der Waals surface area contributed by atoms with Crippen LogP contribution in [0.5, 0.6) is 0 Å². The average molecular weight is 285 g/mol. The van der Waals surface area contributed by atoms with Gasteiger partial charge >= 0.3 is 0 Å². The van der Waals surface area contributed by atoms with Gasteiger partial charge in [0.1, 0.15) is 0 Å². The first-order valence-corrected chi connectivity index (χ1v) is 7.21. The average Bonchev–Trinajstić information content (AvgIpc) is 3.02. The first kappa shape index (κ1) is 13.8. The van der Waals surface area contributed by atoms with Crippen LogP contribution in [0, 0.1) is 0 Å². The summed E-state index contributed by atoms with van der Waals surface area (Å²) in [6, 6.07) is 7.59. The number of benzene rings is 1. The van der Waals surface area contributed by atoms with Gasteiger partial charge in [0, 0.05) is 0 Å². The highest BCUT2D eigenvalue weighted by Gasteiger charge is 2.34. The number of carbonyl (C=O) groups is 1. The van der Waals surface area contributed by atoms with Crippen molar-refractivity contribution in [3.63, 3.8) is 0 Å². The molecule has 0 aliphatic carbocycles. The van der Waals surface area contributed by atoms with Gasteiger partial charge in [-0.3, -0.25) is 4.79 Å². The van der Waals surface area contributed by atoms with E-state index in [0.717, 1.165) is 37.2 Å². The number of anilines is 1. The molecule has 1 unspecified atom stereocenters. The molecule has 21 heavy (non-hydrogen) atoms. The van der Waals surface area contributed by atoms with Gasteiger partial charge in [-0.05, 0) is 44.9 Å². The summed E-state index contributed by atoms with van der Waals surface area (Å²) in [6.45, 7) is 2.84. The molecule has 1 aromatic carbocycles. The molecule has 1 aliphatic heterocycles. The lowest BCUT2D eigenvalue weighted by Crippen LogP contribution is -2.54. The molecular weight excluding hydrogens is 266 g/mol. The highest BCUT2D eigenvalue weighted by atomic mass is 16.2. The fourth-order valence-corrected chi connectivity index (χ4v) is 2.63. The second-order valence-corrected chi connectivity index (χ2v) is 5.53. The van der Waals surface area contributed by atoms with Gasteiger partial charge in [0.15, 0.2) is 0 Å². The highest BCUT2D eigenvalue weighted by Crippen LogP contribution is 2.24. The van der Waals surface area contributed by atoms with E-state index >= 15 is 0 Å².